The Hall–Kier alpha value is -2.37. The number of H-pyrrole nitrogens is 1. The third kappa shape index (κ3) is 4.58. The predicted molar refractivity (Wildman–Crippen MR) is 81.1 cm³/mol. The van der Waals surface area contributed by atoms with Crippen LogP contribution in [0.5, 0.6) is 0 Å². The van der Waals surface area contributed by atoms with Crippen molar-refractivity contribution in [1.29, 1.82) is 0 Å². The largest absolute Gasteiger partial charge is 0.481 e. The molecule has 2 aromatic rings. The molecule has 0 saturated carbocycles. The van der Waals surface area contributed by atoms with Crippen molar-refractivity contribution >= 4 is 22.8 Å². The van der Waals surface area contributed by atoms with Gasteiger partial charge >= 0.3 is 5.97 Å². The first-order chi connectivity index (χ1) is 10.6. The van der Waals surface area contributed by atoms with Crippen molar-refractivity contribution in [2.45, 2.75) is 32.1 Å². The minimum Gasteiger partial charge on any atom is -0.481 e. The van der Waals surface area contributed by atoms with E-state index in [1.807, 2.05) is 6.20 Å². The molecule has 1 amide bonds. The van der Waals surface area contributed by atoms with Crippen LogP contribution in [-0.2, 0) is 16.0 Å². The van der Waals surface area contributed by atoms with Gasteiger partial charge in [0.15, 0.2) is 0 Å². The molecule has 0 aliphatic rings. The number of halogens is 1. The molecular weight excluding hydrogens is 287 g/mol. The third-order valence-electron chi connectivity index (χ3n) is 3.49. The van der Waals surface area contributed by atoms with E-state index in [2.05, 4.69) is 10.3 Å². The van der Waals surface area contributed by atoms with Crippen LogP contribution in [0.4, 0.5) is 4.39 Å². The summed E-state index contributed by atoms with van der Waals surface area (Å²) in [5.41, 5.74) is 1.77. The Morgan fingerprint density at radius 1 is 1.23 bits per heavy atom. The Morgan fingerprint density at radius 2 is 2.00 bits per heavy atom. The molecule has 22 heavy (non-hydrogen) atoms. The normalized spacial score (nSPS) is 10.8. The molecule has 0 atom stereocenters. The number of fused-ring (bicyclic) bond motifs is 1. The first-order valence-corrected chi connectivity index (χ1v) is 7.30. The van der Waals surface area contributed by atoms with Crippen LogP contribution < -0.4 is 5.32 Å². The minimum atomic E-state index is -0.837. The Labute approximate surface area is 127 Å². The maximum Gasteiger partial charge on any atom is 0.303 e. The third-order valence-corrected chi connectivity index (χ3v) is 3.49. The fraction of sp³-hybridized carbons (Fsp3) is 0.375. The van der Waals surface area contributed by atoms with Crippen molar-refractivity contribution in [3.8, 4) is 0 Å². The summed E-state index contributed by atoms with van der Waals surface area (Å²) in [7, 11) is 0. The van der Waals surface area contributed by atoms with Gasteiger partial charge in [-0.1, -0.05) is 0 Å². The average Bonchev–Trinajstić information content (AvgIpc) is 2.86. The van der Waals surface area contributed by atoms with Crippen LogP contribution in [0.2, 0.25) is 0 Å². The van der Waals surface area contributed by atoms with Crippen LogP contribution in [0.1, 0.15) is 31.2 Å². The van der Waals surface area contributed by atoms with Gasteiger partial charge in [0.25, 0.3) is 0 Å². The van der Waals surface area contributed by atoms with Crippen LogP contribution in [-0.4, -0.2) is 28.5 Å². The molecule has 0 saturated heterocycles. The highest BCUT2D eigenvalue weighted by molar-refractivity contribution is 5.83. The number of aromatic nitrogens is 1. The van der Waals surface area contributed by atoms with Crippen LogP contribution in [0.3, 0.4) is 0 Å². The summed E-state index contributed by atoms with van der Waals surface area (Å²) in [6, 6.07) is 4.59. The van der Waals surface area contributed by atoms with E-state index in [0.717, 1.165) is 16.5 Å². The number of hydrogen-bond acceptors (Lipinski definition) is 2. The maximum atomic E-state index is 13.1. The zero-order chi connectivity index (χ0) is 15.9. The second-order valence-electron chi connectivity index (χ2n) is 5.20. The monoisotopic (exact) mass is 306 g/mol. The molecule has 0 spiro atoms. The summed E-state index contributed by atoms with van der Waals surface area (Å²) in [5.74, 6) is -1.19. The SMILES string of the molecule is O=C(O)CCCCC(=O)NCCc1c[nH]c2cc(F)ccc12. The van der Waals surface area contributed by atoms with Gasteiger partial charge < -0.3 is 15.4 Å². The molecule has 1 heterocycles. The van der Waals surface area contributed by atoms with Gasteiger partial charge in [-0.25, -0.2) is 4.39 Å². The number of aromatic amines is 1. The minimum absolute atomic E-state index is 0.0729. The zero-order valence-corrected chi connectivity index (χ0v) is 12.2. The van der Waals surface area contributed by atoms with E-state index < -0.39 is 5.97 Å². The van der Waals surface area contributed by atoms with E-state index in [1.165, 1.54) is 12.1 Å². The lowest BCUT2D eigenvalue weighted by atomic mass is 10.1. The lowest BCUT2D eigenvalue weighted by molar-refractivity contribution is -0.137. The zero-order valence-electron chi connectivity index (χ0n) is 12.2. The number of nitrogens with one attached hydrogen (secondary N) is 2. The number of carboxylic acids is 1. The molecule has 0 radical (unpaired) electrons. The fourth-order valence-corrected chi connectivity index (χ4v) is 2.35. The van der Waals surface area contributed by atoms with Crippen molar-refractivity contribution in [2.75, 3.05) is 6.54 Å². The molecule has 1 aromatic carbocycles. The van der Waals surface area contributed by atoms with Crippen LogP contribution in [0.25, 0.3) is 10.9 Å². The Kier molecular flexibility index (Phi) is 5.52. The molecular formula is C16H19FN2O3. The topological polar surface area (TPSA) is 82.2 Å². The van der Waals surface area contributed by atoms with Crippen molar-refractivity contribution in [3.63, 3.8) is 0 Å². The summed E-state index contributed by atoms with van der Waals surface area (Å²) >= 11 is 0. The van der Waals surface area contributed by atoms with E-state index in [9.17, 15) is 14.0 Å². The number of carbonyl (C=O) groups excluding carboxylic acids is 1. The van der Waals surface area contributed by atoms with E-state index in [1.54, 1.807) is 6.07 Å². The molecule has 2 rings (SSSR count). The number of carbonyl (C=O) groups is 2. The van der Waals surface area contributed by atoms with Crippen molar-refractivity contribution in [2.24, 2.45) is 0 Å². The number of aliphatic carboxylic acids is 1. The van der Waals surface area contributed by atoms with Crippen molar-refractivity contribution < 1.29 is 19.1 Å². The van der Waals surface area contributed by atoms with Crippen LogP contribution in [0.15, 0.2) is 24.4 Å². The van der Waals surface area contributed by atoms with E-state index in [0.29, 0.717) is 32.2 Å². The van der Waals surface area contributed by atoms with Gasteiger partial charge in [0.05, 0.1) is 0 Å². The summed E-state index contributed by atoms with van der Waals surface area (Å²) in [6.45, 7) is 0.502. The molecule has 0 unspecified atom stereocenters. The Balaban J connectivity index is 1.73. The van der Waals surface area contributed by atoms with Crippen molar-refractivity contribution in [3.05, 3.63) is 35.8 Å². The molecule has 0 fully saturated rings. The van der Waals surface area contributed by atoms with Gasteiger partial charge in [0.2, 0.25) is 5.91 Å². The fourth-order valence-electron chi connectivity index (χ4n) is 2.35. The van der Waals surface area contributed by atoms with Crippen LogP contribution in [0, 0.1) is 5.82 Å². The van der Waals surface area contributed by atoms with Gasteiger partial charge in [-0.15, -0.1) is 0 Å². The van der Waals surface area contributed by atoms with Gasteiger partial charge in [0, 0.05) is 36.5 Å². The number of carboxylic acid groups (broad SMARTS) is 1. The summed E-state index contributed by atoms with van der Waals surface area (Å²) in [5, 5.41) is 12.3. The lowest BCUT2D eigenvalue weighted by Gasteiger charge is -2.04. The number of hydrogen-bond donors (Lipinski definition) is 3. The molecule has 0 aliphatic carbocycles. The number of amides is 1. The van der Waals surface area contributed by atoms with Crippen molar-refractivity contribution in [1.82, 2.24) is 10.3 Å². The first-order valence-electron chi connectivity index (χ1n) is 7.30. The van der Waals surface area contributed by atoms with E-state index in [4.69, 9.17) is 5.11 Å². The number of rotatable bonds is 8. The van der Waals surface area contributed by atoms with Crippen LogP contribution >= 0.6 is 0 Å². The Bertz CT molecular complexity index is 666. The van der Waals surface area contributed by atoms with E-state index in [-0.39, 0.29) is 18.1 Å². The molecule has 3 N–H and O–H groups in total. The molecule has 1 aromatic heterocycles. The molecule has 5 nitrogen and oxygen atoms in total. The maximum absolute atomic E-state index is 13.1. The standard InChI is InChI=1S/C16H19FN2O3/c17-12-5-6-13-11(10-19-14(13)9-12)7-8-18-15(20)3-1-2-4-16(21)22/h5-6,9-10,19H,1-4,7-8H2,(H,18,20)(H,21,22). The quantitative estimate of drug-likeness (QED) is 0.656. The average molecular weight is 306 g/mol. The predicted octanol–water partition coefficient (Wildman–Crippen LogP) is 2.61. The highest BCUT2D eigenvalue weighted by Crippen LogP contribution is 2.19. The number of unbranched alkanes of at least 4 members (excludes halogenated alkanes) is 1. The highest BCUT2D eigenvalue weighted by atomic mass is 19.1. The van der Waals surface area contributed by atoms with Gasteiger partial charge in [-0.3, -0.25) is 9.59 Å². The highest BCUT2D eigenvalue weighted by Gasteiger charge is 2.06. The molecule has 0 bridgehead atoms. The molecule has 0 aliphatic heterocycles. The smallest absolute Gasteiger partial charge is 0.303 e. The Morgan fingerprint density at radius 3 is 2.77 bits per heavy atom. The molecule has 6 heteroatoms. The van der Waals surface area contributed by atoms with Gasteiger partial charge in [0.1, 0.15) is 5.82 Å². The van der Waals surface area contributed by atoms with E-state index >= 15 is 0 Å². The van der Waals surface area contributed by atoms with Gasteiger partial charge in [-0.05, 0) is 43.0 Å². The second kappa shape index (κ2) is 7.59. The second-order valence-corrected chi connectivity index (χ2v) is 5.20. The van der Waals surface area contributed by atoms with Gasteiger partial charge in [-0.2, -0.15) is 0 Å². The number of benzene rings is 1. The summed E-state index contributed by atoms with van der Waals surface area (Å²) in [4.78, 5) is 25.0. The lowest BCUT2D eigenvalue weighted by Crippen LogP contribution is -2.25. The molecule has 118 valence electrons. The summed E-state index contributed by atoms with van der Waals surface area (Å²) in [6.07, 6.45) is 4.00. The summed E-state index contributed by atoms with van der Waals surface area (Å²) < 4.78 is 13.1. The first kappa shape index (κ1) is 16.0.